The minimum absolute atomic E-state index is 0.207. The van der Waals surface area contributed by atoms with Gasteiger partial charge in [-0.1, -0.05) is 23.4 Å². The van der Waals surface area contributed by atoms with Gasteiger partial charge in [-0.25, -0.2) is 0 Å². The van der Waals surface area contributed by atoms with E-state index in [1.807, 2.05) is 24.5 Å². The number of hydrogen-bond acceptors (Lipinski definition) is 7. The van der Waals surface area contributed by atoms with Crippen molar-refractivity contribution >= 4 is 35.1 Å². The van der Waals surface area contributed by atoms with Gasteiger partial charge in [0.15, 0.2) is 0 Å². The molecule has 0 saturated heterocycles. The maximum Gasteiger partial charge on any atom is 0.276 e. The molecule has 3 aromatic heterocycles. The molecule has 1 aromatic carbocycles. The molecule has 0 aliphatic rings. The predicted octanol–water partition coefficient (Wildman–Crippen LogP) is 5.44. The molecule has 0 bridgehead atoms. The molecule has 4 rings (SSSR count). The second kappa shape index (κ2) is 9.98. The third-order valence-corrected chi connectivity index (χ3v) is 6.22. The number of amides is 1. The number of aromatic nitrogens is 3. The van der Waals surface area contributed by atoms with Crippen molar-refractivity contribution in [1.82, 2.24) is 14.8 Å². The number of rotatable bonds is 8. The third kappa shape index (κ3) is 5.13. The Kier molecular flexibility index (Phi) is 6.87. The van der Waals surface area contributed by atoms with Crippen LogP contribution in [0.3, 0.4) is 0 Å². The van der Waals surface area contributed by atoms with Crippen molar-refractivity contribution in [3.05, 3.63) is 70.3 Å². The summed E-state index contributed by atoms with van der Waals surface area (Å²) < 4.78 is 13.0. The van der Waals surface area contributed by atoms with Crippen LogP contribution < -0.4 is 5.32 Å². The Bertz CT molecular complexity index is 1300. The predicted molar refractivity (Wildman–Crippen MR) is 125 cm³/mol. The minimum Gasteiger partial charge on any atom is -0.467 e. The number of thioether (sulfide) groups is 1. The summed E-state index contributed by atoms with van der Waals surface area (Å²) in [4.78, 5) is 12.7. The topological polar surface area (TPSA) is 110 Å². The van der Waals surface area contributed by atoms with Gasteiger partial charge in [0.05, 0.1) is 18.4 Å². The number of nitriles is 1. The molecule has 168 valence electrons. The van der Waals surface area contributed by atoms with Gasteiger partial charge in [-0.2, -0.15) is 5.26 Å². The van der Waals surface area contributed by atoms with Crippen molar-refractivity contribution in [3.63, 3.8) is 0 Å². The van der Waals surface area contributed by atoms with Crippen molar-refractivity contribution in [2.75, 3.05) is 11.1 Å². The minimum atomic E-state index is -0.213. The maximum atomic E-state index is 12.7. The summed E-state index contributed by atoms with van der Waals surface area (Å²) in [6.07, 6.45) is 1.80. The molecular formula is C23H20ClN5O3S. The van der Waals surface area contributed by atoms with Gasteiger partial charge in [-0.3, -0.25) is 4.79 Å². The molecule has 3 heterocycles. The van der Waals surface area contributed by atoms with Crippen LogP contribution in [0, 0.1) is 25.2 Å². The number of furan rings is 1. The van der Waals surface area contributed by atoms with E-state index in [2.05, 4.69) is 21.6 Å². The molecule has 0 saturated carbocycles. The van der Waals surface area contributed by atoms with E-state index in [9.17, 15) is 10.1 Å². The van der Waals surface area contributed by atoms with Crippen LogP contribution in [0.5, 0.6) is 0 Å². The molecule has 0 radical (unpaired) electrons. The zero-order chi connectivity index (χ0) is 23.4. The number of benzene rings is 1. The van der Waals surface area contributed by atoms with Crippen molar-refractivity contribution in [2.24, 2.45) is 0 Å². The van der Waals surface area contributed by atoms with Crippen molar-refractivity contribution in [2.45, 2.75) is 32.0 Å². The Hall–Kier alpha value is -3.48. The van der Waals surface area contributed by atoms with Crippen LogP contribution in [0.25, 0.3) is 11.5 Å². The van der Waals surface area contributed by atoms with Gasteiger partial charge < -0.3 is 18.7 Å². The van der Waals surface area contributed by atoms with Gasteiger partial charge in [0.2, 0.25) is 11.8 Å². The van der Waals surface area contributed by atoms with Crippen LogP contribution in [-0.2, 0) is 11.3 Å². The SMILES string of the molecule is Cc1c(C#N)c(NC(=O)CCSc2nnc(-c3ccc(Cl)cc3)o2)n(Cc2ccco2)c1C. The van der Waals surface area contributed by atoms with Crippen molar-refractivity contribution in [3.8, 4) is 17.5 Å². The average molecular weight is 482 g/mol. The molecule has 33 heavy (non-hydrogen) atoms. The van der Waals surface area contributed by atoms with Gasteiger partial charge in [0, 0.05) is 28.5 Å². The molecule has 0 aliphatic carbocycles. The average Bonchev–Trinajstić information content (AvgIpc) is 3.53. The van der Waals surface area contributed by atoms with E-state index in [1.54, 1.807) is 36.6 Å². The number of carbonyl (C=O) groups excluding carboxylic acids is 1. The molecule has 4 aromatic rings. The molecular weight excluding hydrogens is 462 g/mol. The van der Waals surface area contributed by atoms with Gasteiger partial charge in [0.25, 0.3) is 5.22 Å². The maximum absolute atomic E-state index is 12.7. The van der Waals surface area contributed by atoms with Gasteiger partial charge >= 0.3 is 0 Å². The van der Waals surface area contributed by atoms with Gasteiger partial charge in [0.1, 0.15) is 17.6 Å². The lowest BCUT2D eigenvalue weighted by Crippen LogP contribution is -2.17. The molecule has 1 N–H and O–H groups in total. The summed E-state index contributed by atoms with van der Waals surface area (Å²) in [5.41, 5.74) is 2.94. The Labute approximate surface area is 199 Å². The largest absolute Gasteiger partial charge is 0.467 e. The van der Waals surface area contributed by atoms with Crippen LogP contribution in [0.15, 0.2) is 56.7 Å². The summed E-state index contributed by atoms with van der Waals surface area (Å²) in [6, 6.07) is 13.0. The second-order valence-electron chi connectivity index (χ2n) is 7.24. The number of anilines is 1. The Balaban J connectivity index is 1.39. The second-order valence-corrected chi connectivity index (χ2v) is 8.72. The summed E-state index contributed by atoms with van der Waals surface area (Å²) in [5, 5.41) is 21.6. The fraction of sp³-hybridized carbons (Fsp3) is 0.217. The molecule has 0 fully saturated rings. The number of halogens is 1. The highest BCUT2D eigenvalue weighted by atomic mass is 35.5. The number of nitrogens with one attached hydrogen (secondary N) is 1. The highest BCUT2D eigenvalue weighted by Gasteiger charge is 2.20. The van der Waals surface area contributed by atoms with Crippen LogP contribution >= 0.6 is 23.4 Å². The van der Waals surface area contributed by atoms with Crippen molar-refractivity contribution < 1.29 is 13.6 Å². The number of nitrogens with zero attached hydrogens (tertiary/aromatic N) is 4. The fourth-order valence-corrected chi connectivity index (χ4v) is 4.11. The highest BCUT2D eigenvalue weighted by molar-refractivity contribution is 7.99. The fourth-order valence-electron chi connectivity index (χ4n) is 3.29. The summed E-state index contributed by atoms with van der Waals surface area (Å²) in [7, 11) is 0. The van der Waals surface area contributed by atoms with Gasteiger partial charge in [-0.15, -0.1) is 10.2 Å². The zero-order valence-electron chi connectivity index (χ0n) is 18.0. The normalized spacial score (nSPS) is 10.8. The van der Waals surface area contributed by atoms with E-state index in [-0.39, 0.29) is 12.3 Å². The van der Waals surface area contributed by atoms with Gasteiger partial charge in [-0.05, 0) is 55.8 Å². The quantitative estimate of drug-likeness (QED) is 0.333. The van der Waals surface area contributed by atoms with Crippen LogP contribution in [0.4, 0.5) is 5.82 Å². The lowest BCUT2D eigenvalue weighted by molar-refractivity contribution is -0.115. The van der Waals surface area contributed by atoms with E-state index in [0.717, 1.165) is 22.6 Å². The van der Waals surface area contributed by atoms with Crippen LogP contribution in [0.1, 0.15) is 29.0 Å². The molecule has 0 atom stereocenters. The first kappa shape index (κ1) is 22.7. The molecule has 1 amide bonds. The molecule has 0 unspecified atom stereocenters. The van der Waals surface area contributed by atoms with E-state index >= 15 is 0 Å². The van der Waals surface area contributed by atoms with Crippen LogP contribution in [0.2, 0.25) is 5.02 Å². The number of carbonyl (C=O) groups is 1. The Morgan fingerprint density at radius 2 is 2.03 bits per heavy atom. The van der Waals surface area contributed by atoms with E-state index < -0.39 is 0 Å². The summed E-state index contributed by atoms with van der Waals surface area (Å²) in [5.74, 6) is 1.82. The molecule has 8 nitrogen and oxygen atoms in total. The highest BCUT2D eigenvalue weighted by Crippen LogP contribution is 2.28. The molecule has 0 aliphatic heterocycles. The first-order valence-corrected chi connectivity index (χ1v) is 11.5. The Morgan fingerprint density at radius 1 is 1.24 bits per heavy atom. The monoisotopic (exact) mass is 481 g/mol. The standard InChI is InChI=1S/C23H20ClN5O3S/c1-14-15(2)29(13-18-4-3-10-31-18)21(19(14)12-25)26-20(30)9-11-33-23-28-27-22(32-23)16-5-7-17(24)8-6-16/h3-8,10H,9,11,13H2,1-2H3,(H,26,30). The van der Waals surface area contributed by atoms with E-state index in [4.69, 9.17) is 20.4 Å². The first-order chi connectivity index (χ1) is 16.0. The van der Waals surface area contributed by atoms with Crippen LogP contribution in [-0.4, -0.2) is 26.4 Å². The lowest BCUT2D eigenvalue weighted by Gasteiger charge is -2.11. The summed E-state index contributed by atoms with van der Waals surface area (Å²) >= 11 is 7.19. The van der Waals surface area contributed by atoms with Crippen molar-refractivity contribution in [1.29, 1.82) is 5.26 Å². The Morgan fingerprint density at radius 3 is 2.73 bits per heavy atom. The molecule has 10 heteroatoms. The third-order valence-electron chi connectivity index (χ3n) is 5.15. The summed E-state index contributed by atoms with van der Waals surface area (Å²) in [6.45, 7) is 4.20. The first-order valence-electron chi connectivity index (χ1n) is 10.1. The smallest absolute Gasteiger partial charge is 0.276 e. The molecule has 0 spiro atoms. The van der Waals surface area contributed by atoms with E-state index in [0.29, 0.717) is 39.8 Å². The lowest BCUT2D eigenvalue weighted by atomic mass is 10.2. The zero-order valence-corrected chi connectivity index (χ0v) is 19.5. The number of hydrogen-bond donors (Lipinski definition) is 1. The van der Waals surface area contributed by atoms with E-state index in [1.165, 1.54) is 11.8 Å².